The number of amides is 1. The van der Waals surface area contributed by atoms with Crippen LogP contribution in [0.5, 0.6) is 0 Å². The van der Waals surface area contributed by atoms with Crippen molar-refractivity contribution in [2.24, 2.45) is 0 Å². The molecule has 0 aliphatic heterocycles. The number of thiol groups is 1. The molecule has 1 aromatic carbocycles. The lowest BCUT2D eigenvalue weighted by Crippen LogP contribution is -2.12. The fourth-order valence-electron chi connectivity index (χ4n) is 1.67. The van der Waals surface area contributed by atoms with E-state index < -0.39 is 0 Å². The maximum absolute atomic E-state index is 12.1. The number of anilines is 1. The predicted molar refractivity (Wildman–Crippen MR) is 85.6 cm³/mol. The van der Waals surface area contributed by atoms with Crippen molar-refractivity contribution in [3.8, 4) is 0 Å². The Morgan fingerprint density at radius 2 is 2.26 bits per heavy atom. The zero-order valence-electron chi connectivity index (χ0n) is 10.5. The third kappa shape index (κ3) is 3.38. The van der Waals surface area contributed by atoms with E-state index in [0.717, 1.165) is 21.5 Å². The van der Waals surface area contributed by atoms with Gasteiger partial charge in [-0.15, -0.1) is 24.0 Å². The molecule has 1 amide bonds. The van der Waals surface area contributed by atoms with Gasteiger partial charge >= 0.3 is 0 Å². The molecule has 2 rings (SSSR count). The highest BCUT2D eigenvalue weighted by atomic mass is 79.9. The molecule has 0 saturated carbocycles. The molecule has 0 atom stereocenters. The molecule has 0 aliphatic rings. The van der Waals surface area contributed by atoms with E-state index in [1.807, 2.05) is 19.9 Å². The summed E-state index contributed by atoms with van der Waals surface area (Å²) in [5, 5.41) is 3.45. The largest absolute Gasteiger partial charge is 0.298 e. The van der Waals surface area contributed by atoms with E-state index >= 15 is 0 Å². The molecule has 0 radical (unpaired) electrons. The number of thiazole rings is 1. The maximum Gasteiger partial charge on any atom is 0.258 e. The van der Waals surface area contributed by atoms with E-state index in [1.165, 1.54) is 11.3 Å². The van der Waals surface area contributed by atoms with Gasteiger partial charge in [-0.1, -0.05) is 22.9 Å². The normalized spacial score (nSPS) is 10.5. The molecule has 0 unspecified atom stereocenters. The number of hydrogen-bond acceptors (Lipinski definition) is 4. The number of benzene rings is 1. The predicted octanol–water partition coefficient (Wildman–Crippen LogP) is 4.32. The molecule has 1 N–H and O–H groups in total. The zero-order chi connectivity index (χ0) is 14.0. The van der Waals surface area contributed by atoms with Gasteiger partial charge in [-0.25, -0.2) is 4.98 Å². The summed E-state index contributed by atoms with van der Waals surface area (Å²) in [5.41, 5.74) is 1.57. The first-order valence-electron chi connectivity index (χ1n) is 5.77. The van der Waals surface area contributed by atoms with Crippen LogP contribution in [0.3, 0.4) is 0 Å². The molecule has 100 valence electrons. The highest BCUT2D eigenvalue weighted by Gasteiger charge is 2.13. The Kier molecular flexibility index (Phi) is 4.65. The third-order valence-corrected chi connectivity index (χ3v) is 4.44. The van der Waals surface area contributed by atoms with Crippen LogP contribution in [-0.2, 0) is 6.42 Å². The highest BCUT2D eigenvalue weighted by Crippen LogP contribution is 2.25. The molecule has 1 heterocycles. The van der Waals surface area contributed by atoms with E-state index in [0.29, 0.717) is 15.6 Å². The van der Waals surface area contributed by atoms with Crippen molar-refractivity contribution in [2.45, 2.75) is 25.2 Å². The highest BCUT2D eigenvalue weighted by molar-refractivity contribution is 9.10. The summed E-state index contributed by atoms with van der Waals surface area (Å²) >= 11 is 9.15. The van der Waals surface area contributed by atoms with Crippen molar-refractivity contribution < 1.29 is 4.79 Å². The van der Waals surface area contributed by atoms with E-state index in [-0.39, 0.29) is 5.91 Å². The van der Waals surface area contributed by atoms with Gasteiger partial charge in [-0.2, -0.15) is 0 Å². The molecular formula is C13H13BrN2OS2. The summed E-state index contributed by atoms with van der Waals surface area (Å²) in [6.07, 6.45) is 0.869. The van der Waals surface area contributed by atoms with Gasteiger partial charge in [-0.3, -0.25) is 10.1 Å². The Labute approximate surface area is 130 Å². The summed E-state index contributed by atoms with van der Waals surface area (Å²) in [4.78, 5) is 18.3. The van der Waals surface area contributed by atoms with Crippen molar-refractivity contribution in [2.75, 3.05) is 5.32 Å². The van der Waals surface area contributed by atoms with Crippen LogP contribution >= 0.6 is 39.9 Å². The molecule has 0 spiro atoms. The molecular weight excluding hydrogens is 344 g/mol. The monoisotopic (exact) mass is 356 g/mol. The minimum Gasteiger partial charge on any atom is -0.298 e. The van der Waals surface area contributed by atoms with E-state index in [9.17, 15) is 4.79 Å². The first kappa shape index (κ1) is 14.6. The quantitative estimate of drug-likeness (QED) is 0.804. The van der Waals surface area contributed by atoms with Crippen molar-refractivity contribution in [3.63, 3.8) is 0 Å². The van der Waals surface area contributed by atoms with Gasteiger partial charge in [0.15, 0.2) is 5.13 Å². The topological polar surface area (TPSA) is 42.0 Å². The average molecular weight is 357 g/mol. The lowest BCUT2D eigenvalue weighted by atomic mass is 10.2. The number of carbonyl (C=O) groups is 1. The molecule has 0 aliphatic carbocycles. The fourth-order valence-corrected chi connectivity index (χ4v) is 3.42. The van der Waals surface area contributed by atoms with Gasteiger partial charge in [0, 0.05) is 14.2 Å². The summed E-state index contributed by atoms with van der Waals surface area (Å²) in [7, 11) is 0. The molecule has 0 bridgehead atoms. The molecule has 2 aromatic rings. The third-order valence-electron chi connectivity index (χ3n) is 2.65. The number of aromatic nitrogens is 1. The first-order chi connectivity index (χ1) is 9.01. The van der Waals surface area contributed by atoms with Crippen LogP contribution in [0.1, 0.15) is 27.9 Å². The Hall–Kier alpha value is -0.850. The zero-order valence-corrected chi connectivity index (χ0v) is 13.8. The number of rotatable bonds is 3. The number of halogens is 1. The number of nitrogens with zero attached hydrogens (tertiary/aromatic N) is 1. The van der Waals surface area contributed by atoms with Crippen molar-refractivity contribution in [1.82, 2.24) is 4.98 Å². The van der Waals surface area contributed by atoms with Gasteiger partial charge in [0.05, 0.1) is 11.3 Å². The maximum atomic E-state index is 12.1. The van der Waals surface area contributed by atoms with E-state index in [1.54, 1.807) is 12.1 Å². The van der Waals surface area contributed by atoms with Crippen molar-refractivity contribution >= 4 is 50.9 Å². The molecule has 0 fully saturated rings. The molecule has 19 heavy (non-hydrogen) atoms. The standard InChI is InChI=1S/C13H13BrN2OS2/c1-3-10-7(2)19-13(15-10)16-12(17)9-5-4-8(14)6-11(9)18/h4-6,18H,3H2,1-2H3,(H,15,16,17). The van der Waals surface area contributed by atoms with Gasteiger partial charge in [-0.05, 0) is 31.5 Å². The number of aryl methyl sites for hydroxylation is 2. The van der Waals surface area contributed by atoms with Crippen LogP contribution in [0.4, 0.5) is 5.13 Å². The second-order valence-corrected chi connectivity index (χ2v) is 6.59. The van der Waals surface area contributed by atoms with E-state index in [4.69, 9.17) is 0 Å². The van der Waals surface area contributed by atoms with E-state index in [2.05, 4.69) is 38.9 Å². The number of nitrogens with one attached hydrogen (secondary N) is 1. The lowest BCUT2D eigenvalue weighted by molar-refractivity contribution is 0.102. The van der Waals surface area contributed by atoms with Crippen LogP contribution in [0.15, 0.2) is 27.6 Å². The summed E-state index contributed by atoms with van der Waals surface area (Å²) < 4.78 is 0.896. The Bertz CT molecular complexity index is 625. The summed E-state index contributed by atoms with van der Waals surface area (Å²) in [6, 6.07) is 5.35. The van der Waals surface area contributed by atoms with Crippen LogP contribution in [0, 0.1) is 6.92 Å². The second-order valence-electron chi connectivity index (χ2n) is 3.99. The Morgan fingerprint density at radius 3 is 2.84 bits per heavy atom. The smallest absolute Gasteiger partial charge is 0.258 e. The van der Waals surface area contributed by atoms with Crippen LogP contribution in [0.25, 0.3) is 0 Å². The van der Waals surface area contributed by atoms with Crippen molar-refractivity contribution in [3.05, 3.63) is 38.8 Å². The van der Waals surface area contributed by atoms with Gasteiger partial charge < -0.3 is 0 Å². The van der Waals surface area contributed by atoms with Gasteiger partial charge in [0.1, 0.15) is 0 Å². The molecule has 0 saturated heterocycles. The van der Waals surface area contributed by atoms with Gasteiger partial charge in [0.2, 0.25) is 0 Å². The van der Waals surface area contributed by atoms with Crippen LogP contribution in [-0.4, -0.2) is 10.9 Å². The fraction of sp³-hybridized carbons (Fsp3) is 0.231. The Balaban J connectivity index is 2.20. The number of hydrogen-bond donors (Lipinski definition) is 2. The SMILES string of the molecule is CCc1nc(NC(=O)c2ccc(Br)cc2S)sc1C. The summed E-state index contributed by atoms with van der Waals surface area (Å²) in [5.74, 6) is -0.186. The minimum absolute atomic E-state index is 0.186. The van der Waals surface area contributed by atoms with Crippen LogP contribution < -0.4 is 5.32 Å². The summed E-state index contributed by atoms with van der Waals surface area (Å²) in [6.45, 7) is 4.06. The Morgan fingerprint density at radius 1 is 1.53 bits per heavy atom. The number of carbonyl (C=O) groups excluding carboxylic acids is 1. The second kappa shape index (κ2) is 6.07. The lowest BCUT2D eigenvalue weighted by Gasteiger charge is -2.05. The van der Waals surface area contributed by atoms with Gasteiger partial charge in [0.25, 0.3) is 5.91 Å². The minimum atomic E-state index is -0.186. The van der Waals surface area contributed by atoms with Crippen molar-refractivity contribution in [1.29, 1.82) is 0 Å². The molecule has 1 aromatic heterocycles. The molecule has 6 heteroatoms. The average Bonchev–Trinajstić information content (AvgIpc) is 2.69. The first-order valence-corrected chi connectivity index (χ1v) is 7.83. The van der Waals surface area contributed by atoms with Crippen LogP contribution in [0.2, 0.25) is 0 Å². The molecule has 3 nitrogen and oxygen atoms in total.